The number of hydrogen-bond donors (Lipinski definition) is 1. The lowest BCUT2D eigenvalue weighted by molar-refractivity contribution is 0.240. The highest BCUT2D eigenvalue weighted by Crippen LogP contribution is 2.31. The second-order valence-electron chi connectivity index (χ2n) is 8.80. The van der Waals surface area contributed by atoms with Gasteiger partial charge in [-0.25, -0.2) is 14.2 Å². The molecule has 0 radical (unpaired) electrons. The van der Waals surface area contributed by atoms with Crippen LogP contribution < -0.4 is 5.32 Å². The van der Waals surface area contributed by atoms with Crippen LogP contribution in [0.4, 0.5) is 9.18 Å². The minimum absolute atomic E-state index is 0.256. The second kappa shape index (κ2) is 10.9. The van der Waals surface area contributed by atoms with E-state index in [0.29, 0.717) is 52.3 Å². The Morgan fingerprint density at radius 1 is 1.24 bits per heavy atom. The Labute approximate surface area is 227 Å². The Bertz CT molecular complexity index is 1580. The number of nitriles is 1. The summed E-state index contributed by atoms with van der Waals surface area (Å²) in [5.41, 5.74) is 4.59. The van der Waals surface area contributed by atoms with E-state index < -0.39 is 0 Å². The molecule has 1 aliphatic rings. The Morgan fingerprint density at radius 2 is 2.11 bits per heavy atom. The highest BCUT2D eigenvalue weighted by molar-refractivity contribution is 9.10. The third-order valence-corrected chi connectivity index (χ3v) is 7.12. The fourth-order valence-electron chi connectivity index (χ4n) is 4.65. The van der Waals surface area contributed by atoms with Crippen LogP contribution in [0.5, 0.6) is 0 Å². The topological polar surface area (TPSA) is 74.0 Å². The predicted molar refractivity (Wildman–Crippen MR) is 146 cm³/mol. The first-order valence-electron chi connectivity index (χ1n) is 11.7. The van der Waals surface area contributed by atoms with Crippen LogP contribution >= 0.6 is 27.5 Å². The number of carbonyl (C=O) groups excluding carboxylic acids is 1. The van der Waals surface area contributed by atoms with Crippen molar-refractivity contribution in [2.45, 2.75) is 19.5 Å². The number of benzene rings is 2. The first kappa shape index (κ1) is 25.2. The van der Waals surface area contributed by atoms with Gasteiger partial charge in [0.1, 0.15) is 11.0 Å². The third kappa shape index (κ3) is 5.44. The monoisotopic (exact) mass is 577 g/mol. The van der Waals surface area contributed by atoms with E-state index in [1.54, 1.807) is 47.2 Å². The summed E-state index contributed by atoms with van der Waals surface area (Å²) in [6.45, 7) is 2.34. The van der Waals surface area contributed by atoms with Gasteiger partial charge in [0.25, 0.3) is 0 Å². The van der Waals surface area contributed by atoms with E-state index in [4.69, 9.17) is 11.6 Å². The van der Waals surface area contributed by atoms with Gasteiger partial charge in [-0.05, 0) is 47.5 Å². The van der Waals surface area contributed by atoms with Crippen molar-refractivity contribution in [1.82, 2.24) is 19.8 Å². The van der Waals surface area contributed by atoms with Gasteiger partial charge < -0.3 is 5.32 Å². The molecular weight excluding hydrogens is 557 g/mol. The molecular formula is C28H22BrClFN5O. The lowest BCUT2D eigenvalue weighted by atomic mass is 10.0. The number of rotatable bonds is 5. The van der Waals surface area contributed by atoms with Crippen molar-refractivity contribution in [3.63, 3.8) is 0 Å². The molecule has 37 heavy (non-hydrogen) atoms. The zero-order valence-corrected chi connectivity index (χ0v) is 22.1. The molecule has 6 nitrogen and oxygen atoms in total. The molecule has 4 aromatic rings. The number of hydrogen-bond acceptors (Lipinski definition) is 4. The fraction of sp³-hybridized carbons (Fsp3) is 0.179. The van der Waals surface area contributed by atoms with Crippen molar-refractivity contribution in [1.29, 1.82) is 5.26 Å². The molecule has 3 heterocycles. The van der Waals surface area contributed by atoms with Crippen LogP contribution in [0.25, 0.3) is 17.0 Å². The SMILES string of the molecule is N#Cc1ccc2c3c(n(C(=O)NCc4ccnc(Cl)c4)c2c1)CCN(CC=Cc1ccc(Br)cc1F)C3. The normalized spacial score (nSPS) is 13.6. The van der Waals surface area contributed by atoms with Crippen molar-refractivity contribution >= 4 is 50.5 Å². The summed E-state index contributed by atoms with van der Waals surface area (Å²) in [6, 6.07) is 15.9. The van der Waals surface area contributed by atoms with Crippen molar-refractivity contribution in [3.05, 3.63) is 104 Å². The van der Waals surface area contributed by atoms with Gasteiger partial charge in [0.15, 0.2) is 0 Å². The average Bonchev–Trinajstić information content (AvgIpc) is 3.21. The molecule has 2 aromatic heterocycles. The van der Waals surface area contributed by atoms with Crippen LogP contribution in [0.2, 0.25) is 5.15 Å². The number of aromatic nitrogens is 2. The molecule has 0 saturated carbocycles. The number of fused-ring (bicyclic) bond motifs is 3. The van der Waals surface area contributed by atoms with Gasteiger partial charge >= 0.3 is 6.03 Å². The number of nitrogens with zero attached hydrogens (tertiary/aromatic N) is 4. The van der Waals surface area contributed by atoms with Crippen molar-refractivity contribution in [2.24, 2.45) is 0 Å². The smallest absolute Gasteiger partial charge is 0.326 e. The highest BCUT2D eigenvalue weighted by atomic mass is 79.9. The Balaban J connectivity index is 1.39. The van der Waals surface area contributed by atoms with Gasteiger partial charge in [0.2, 0.25) is 0 Å². The van der Waals surface area contributed by atoms with Crippen molar-refractivity contribution < 1.29 is 9.18 Å². The Morgan fingerprint density at radius 3 is 2.89 bits per heavy atom. The molecule has 0 aliphatic carbocycles. The number of amides is 1. The largest absolute Gasteiger partial charge is 0.333 e. The van der Waals surface area contributed by atoms with E-state index in [1.165, 1.54) is 6.07 Å². The lowest BCUT2D eigenvalue weighted by Crippen LogP contribution is -2.34. The maximum atomic E-state index is 14.2. The molecule has 0 saturated heterocycles. The lowest BCUT2D eigenvalue weighted by Gasteiger charge is -2.27. The molecule has 1 N–H and O–H groups in total. The van der Waals surface area contributed by atoms with Gasteiger partial charge in [-0.3, -0.25) is 9.47 Å². The van der Waals surface area contributed by atoms with E-state index in [-0.39, 0.29) is 11.8 Å². The molecule has 186 valence electrons. The third-order valence-electron chi connectivity index (χ3n) is 6.42. The molecule has 0 atom stereocenters. The van der Waals surface area contributed by atoms with Crippen LogP contribution in [0, 0.1) is 17.1 Å². The summed E-state index contributed by atoms with van der Waals surface area (Å²) in [7, 11) is 0. The van der Waals surface area contributed by atoms with Crippen molar-refractivity contribution in [2.75, 3.05) is 13.1 Å². The quantitative estimate of drug-likeness (QED) is 0.282. The molecule has 0 spiro atoms. The summed E-state index contributed by atoms with van der Waals surface area (Å²) in [6.07, 6.45) is 6.01. The van der Waals surface area contributed by atoms with Crippen LogP contribution in [0.15, 0.2) is 65.3 Å². The minimum atomic E-state index is -0.275. The van der Waals surface area contributed by atoms with Gasteiger partial charge in [-0.15, -0.1) is 0 Å². The number of carbonyl (C=O) groups is 1. The first-order valence-corrected chi connectivity index (χ1v) is 12.9. The second-order valence-corrected chi connectivity index (χ2v) is 10.1. The van der Waals surface area contributed by atoms with E-state index in [1.807, 2.05) is 18.2 Å². The van der Waals surface area contributed by atoms with Gasteiger partial charge in [-0.1, -0.05) is 51.8 Å². The number of nitrogens with one attached hydrogen (secondary N) is 1. The summed E-state index contributed by atoms with van der Waals surface area (Å²) < 4.78 is 16.5. The summed E-state index contributed by atoms with van der Waals surface area (Å²) in [5.74, 6) is -0.275. The summed E-state index contributed by atoms with van der Waals surface area (Å²) >= 11 is 9.25. The van der Waals surface area contributed by atoms with Crippen LogP contribution in [0.1, 0.15) is 27.9 Å². The van der Waals surface area contributed by atoms with E-state index in [0.717, 1.165) is 28.8 Å². The van der Waals surface area contributed by atoms with Crippen molar-refractivity contribution in [3.8, 4) is 6.07 Å². The molecule has 5 rings (SSSR count). The molecule has 0 unspecified atom stereocenters. The Hall–Kier alpha value is -3.51. The molecule has 2 aromatic carbocycles. The van der Waals surface area contributed by atoms with Crippen LogP contribution in [0.3, 0.4) is 0 Å². The first-order chi connectivity index (χ1) is 17.9. The molecule has 0 bridgehead atoms. The zero-order valence-electron chi connectivity index (χ0n) is 19.7. The van der Waals surface area contributed by atoms with Crippen LogP contribution in [-0.4, -0.2) is 33.6 Å². The highest BCUT2D eigenvalue weighted by Gasteiger charge is 2.26. The van der Waals surface area contributed by atoms with E-state index in [9.17, 15) is 14.4 Å². The maximum Gasteiger partial charge on any atom is 0.326 e. The maximum absolute atomic E-state index is 14.2. The zero-order chi connectivity index (χ0) is 25.9. The van der Waals surface area contributed by atoms with Gasteiger partial charge in [0, 0.05) is 59.9 Å². The van der Waals surface area contributed by atoms with Crippen LogP contribution in [-0.2, 0) is 19.5 Å². The fourth-order valence-corrected chi connectivity index (χ4v) is 5.18. The van der Waals surface area contributed by atoms with Gasteiger partial charge in [-0.2, -0.15) is 5.26 Å². The number of pyridine rings is 1. The molecule has 1 aliphatic heterocycles. The predicted octanol–water partition coefficient (Wildman–Crippen LogP) is 6.29. The Kier molecular flexibility index (Phi) is 7.38. The van der Waals surface area contributed by atoms with Gasteiger partial charge in [0.05, 0.1) is 17.1 Å². The molecule has 1 amide bonds. The van der Waals surface area contributed by atoms with E-state index in [2.05, 4.69) is 37.2 Å². The summed E-state index contributed by atoms with van der Waals surface area (Å²) in [5, 5.41) is 13.7. The average molecular weight is 579 g/mol. The van der Waals surface area contributed by atoms with E-state index >= 15 is 0 Å². The minimum Gasteiger partial charge on any atom is -0.333 e. The standard InChI is InChI=1S/C28H22BrClFN5O/c29-21-5-4-20(24(31)14-21)2-1-10-35-11-8-25-23(17-35)22-6-3-18(15-32)12-26(22)36(25)28(37)34-16-19-7-9-33-27(30)13-19/h1-7,9,12-14H,8,10-11,16-17H2,(H,34,37). The molecule has 9 heteroatoms. The number of halogens is 3. The molecule has 0 fully saturated rings. The summed E-state index contributed by atoms with van der Waals surface area (Å²) in [4.78, 5) is 19.6.